The number of aryl methyl sites for hydroxylation is 2. The molecule has 0 radical (unpaired) electrons. The van der Waals surface area contributed by atoms with E-state index in [4.69, 9.17) is 4.74 Å². The van der Waals surface area contributed by atoms with Crippen molar-refractivity contribution in [2.24, 2.45) is 0 Å². The van der Waals surface area contributed by atoms with Crippen LogP contribution in [0, 0.1) is 19.7 Å². The van der Waals surface area contributed by atoms with Gasteiger partial charge < -0.3 is 15.0 Å². The molecule has 0 aliphatic heterocycles. The molecule has 0 aliphatic rings. The van der Waals surface area contributed by atoms with Gasteiger partial charge in [0.15, 0.2) is 0 Å². The smallest absolute Gasteiger partial charge is 0.264 e. The maximum Gasteiger partial charge on any atom is 0.264 e. The number of benzene rings is 4. The van der Waals surface area contributed by atoms with Crippen LogP contribution in [-0.4, -0.2) is 51.4 Å². The zero-order chi connectivity index (χ0) is 32.6. The summed E-state index contributed by atoms with van der Waals surface area (Å²) in [5.74, 6) is -1.43. The number of hydrogen-bond acceptors (Lipinski definition) is 5. The molecule has 4 aromatic carbocycles. The number of methoxy groups -OCH3 is 1. The van der Waals surface area contributed by atoms with E-state index in [0.29, 0.717) is 6.54 Å². The number of hydrogen-bond donors (Lipinski definition) is 1. The summed E-state index contributed by atoms with van der Waals surface area (Å²) < 4.78 is 50.0. The van der Waals surface area contributed by atoms with Gasteiger partial charge in [0.25, 0.3) is 10.0 Å². The van der Waals surface area contributed by atoms with Gasteiger partial charge in [-0.15, -0.1) is 0 Å². The summed E-state index contributed by atoms with van der Waals surface area (Å²) in [6.45, 7) is 4.78. The molecule has 1 atom stereocenters. The van der Waals surface area contributed by atoms with Gasteiger partial charge in [-0.25, -0.2) is 12.8 Å². The molecule has 2 amide bonds. The second kappa shape index (κ2) is 14.9. The van der Waals surface area contributed by atoms with Gasteiger partial charge in [0.1, 0.15) is 24.2 Å². The Morgan fingerprint density at radius 1 is 0.889 bits per heavy atom. The number of nitrogens with zero attached hydrogens (tertiary/aromatic N) is 2. The molecule has 10 heteroatoms. The lowest BCUT2D eigenvalue weighted by molar-refractivity contribution is -0.140. The lowest BCUT2D eigenvalue weighted by atomic mass is 10.0. The Morgan fingerprint density at radius 3 is 2.18 bits per heavy atom. The number of likely N-dealkylation sites (N-methyl/N-ethyl adjacent to an activating group) is 1. The summed E-state index contributed by atoms with van der Waals surface area (Å²) in [7, 11) is -2.89. The molecule has 0 aromatic heterocycles. The first kappa shape index (κ1) is 33.2. The van der Waals surface area contributed by atoms with Crippen LogP contribution in [0.3, 0.4) is 0 Å². The Hall–Kier alpha value is -4.70. The Bertz CT molecular complexity index is 1730. The van der Waals surface area contributed by atoms with Crippen molar-refractivity contribution in [3.05, 3.63) is 125 Å². The fraction of sp³-hybridized carbons (Fsp3) is 0.257. The number of carbonyl (C=O) groups excluding carboxylic acids is 2. The molecule has 236 valence electrons. The minimum Gasteiger partial charge on any atom is -0.495 e. The van der Waals surface area contributed by atoms with Crippen LogP contribution in [0.25, 0.3) is 0 Å². The fourth-order valence-corrected chi connectivity index (χ4v) is 6.42. The number of anilines is 1. The predicted molar refractivity (Wildman–Crippen MR) is 173 cm³/mol. The van der Waals surface area contributed by atoms with E-state index in [2.05, 4.69) is 5.32 Å². The van der Waals surface area contributed by atoms with Crippen molar-refractivity contribution in [1.29, 1.82) is 0 Å². The zero-order valence-corrected chi connectivity index (χ0v) is 26.7. The third-order valence-corrected chi connectivity index (χ3v) is 9.19. The van der Waals surface area contributed by atoms with Gasteiger partial charge in [-0.1, -0.05) is 72.3 Å². The number of nitrogens with one attached hydrogen (secondary N) is 1. The van der Waals surface area contributed by atoms with Crippen LogP contribution in [-0.2, 0) is 32.6 Å². The highest BCUT2D eigenvalue weighted by molar-refractivity contribution is 7.92. The minimum atomic E-state index is -4.31. The van der Waals surface area contributed by atoms with Crippen LogP contribution in [0.1, 0.15) is 29.2 Å². The molecule has 4 aromatic rings. The summed E-state index contributed by atoms with van der Waals surface area (Å²) in [4.78, 5) is 29.3. The quantitative estimate of drug-likeness (QED) is 0.213. The second-order valence-corrected chi connectivity index (χ2v) is 12.6. The topological polar surface area (TPSA) is 96.0 Å². The van der Waals surface area contributed by atoms with Crippen molar-refractivity contribution in [2.45, 2.75) is 44.7 Å². The van der Waals surface area contributed by atoms with E-state index in [1.165, 1.54) is 42.3 Å². The van der Waals surface area contributed by atoms with Gasteiger partial charge in [-0.2, -0.15) is 0 Å². The predicted octanol–water partition coefficient (Wildman–Crippen LogP) is 5.42. The first-order valence-electron chi connectivity index (χ1n) is 14.6. The monoisotopic (exact) mass is 631 g/mol. The number of halogens is 1. The zero-order valence-electron chi connectivity index (χ0n) is 25.9. The van der Waals surface area contributed by atoms with Crippen molar-refractivity contribution >= 4 is 27.5 Å². The molecule has 0 bridgehead atoms. The lowest BCUT2D eigenvalue weighted by Gasteiger charge is -2.34. The van der Waals surface area contributed by atoms with Crippen LogP contribution >= 0.6 is 0 Å². The Balaban J connectivity index is 1.85. The highest BCUT2D eigenvalue weighted by atomic mass is 32.2. The van der Waals surface area contributed by atoms with Crippen molar-refractivity contribution in [2.75, 3.05) is 24.5 Å². The van der Waals surface area contributed by atoms with E-state index in [1.54, 1.807) is 50.2 Å². The molecule has 4 rings (SSSR count). The number of sulfonamides is 1. The molecule has 45 heavy (non-hydrogen) atoms. The van der Waals surface area contributed by atoms with Gasteiger partial charge in [0.05, 0.1) is 17.7 Å². The van der Waals surface area contributed by atoms with E-state index < -0.39 is 40.2 Å². The van der Waals surface area contributed by atoms with Crippen molar-refractivity contribution in [1.82, 2.24) is 10.2 Å². The van der Waals surface area contributed by atoms with Gasteiger partial charge in [0, 0.05) is 25.1 Å². The minimum absolute atomic E-state index is 0.0188. The van der Waals surface area contributed by atoms with E-state index >= 15 is 4.39 Å². The highest BCUT2D eigenvalue weighted by Gasteiger charge is 2.35. The molecular weight excluding hydrogens is 593 g/mol. The molecule has 1 N–H and O–H groups in total. The molecule has 0 saturated carbocycles. The molecular formula is C35H38FN3O5S. The van der Waals surface area contributed by atoms with Crippen LogP contribution in [0.4, 0.5) is 10.1 Å². The molecule has 0 spiro atoms. The van der Waals surface area contributed by atoms with Gasteiger partial charge in [-0.3, -0.25) is 13.9 Å². The van der Waals surface area contributed by atoms with Crippen molar-refractivity contribution in [3.63, 3.8) is 0 Å². The number of rotatable bonds is 13. The first-order valence-corrected chi connectivity index (χ1v) is 16.1. The van der Waals surface area contributed by atoms with Crippen LogP contribution in [0.5, 0.6) is 5.75 Å². The highest BCUT2D eigenvalue weighted by Crippen LogP contribution is 2.34. The van der Waals surface area contributed by atoms with Gasteiger partial charge in [-0.05, 0) is 62.2 Å². The Labute approximate surface area is 264 Å². The Morgan fingerprint density at radius 2 is 1.53 bits per heavy atom. The summed E-state index contributed by atoms with van der Waals surface area (Å²) in [6.07, 6.45) is 0.130. The molecule has 0 unspecified atom stereocenters. The van der Waals surface area contributed by atoms with E-state index in [0.717, 1.165) is 21.0 Å². The average Bonchev–Trinajstić information content (AvgIpc) is 3.03. The lowest BCUT2D eigenvalue weighted by Crippen LogP contribution is -2.53. The van der Waals surface area contributed by atoms with Crippen LogP contribution in [0.2, 0.25) is 0 Å². The molecule has 0 saturated heterocycles. The van der Waals surface area contributed by atoms with Gasteiger partial charge >= 0.3 is 0 Å². The maximum absolute atomic E-state index is 15.0. The summed E-state index contributed by atoms with van der Waals surface area (Å²) in [5.41, 5.74) is 2.75. The third kappa shape index (κ3) is 8.07. The first-order chi connectivity index (χ1) is 21.5. The van der Waals surface area contributed by atoms with Crippen LogP contribution < -0.4 is 14.4 Å². The van der Waals surface area contributed by atoms with Gasteiger partial charge in [0.2, 0.25) is 11.8 Å². The second-order valence-electron chi connectivity index (χ2n) is 10.7. The Kier molecular flexibility index (Phi) is 11.0. The fourth-order valence-electron chi connectivity index (χ4n) is 5.00. The molecule has 8 nitrogen and oxygen atoms in total. The van der Waals surface area contributed by atoms with Crippen LogP contribution in [0.15, 0.2) is 102 Å². The number of carbonyl (C=O) groups is 2. The SMILES string of the molecule is CCNC(=O)[C@H](Cc1ccccc1)N(Cc1ccccc1F)C(=O)CN(c1cc(C)ccc1OC)S(=O)(=O)c1ccc(C)cc1. The molecule has 0 heterocycles. The number of ether oxygens (including phenoxy) is 1. The summed E-state index contributed by atoms with van der Waals surface area (Å²) in [6, 6.07) is 25.5. The van der Waals surface area contributed by atoms with Crippen molar-refractivity contribution in [3.8, 4) is 5.75 Å². The summed E-state index contributed by atoms with van der Waals surface area (Å²) >= 11 is 0. The maximum atomic E-state index is 15.0. The molecule has 0 fully saturated rings. The number of amides is 2. The van der Waals surface area contributed by atoms with E-state index in [9.17, 15) is 18.0 Å². The third-order valence-electron chi connectivity index (χ3n) is 7.41. The largest absolute Gasteiger partial charge is 0.495 e. The average molecular weight is 632 g/mol. The standard InChI is InChI=1S/C35H38FN3O5S/c1-5-37-35(41)32(22-27-11-7-6-8-12-27)38(23-28-13-9-10-14-30(28)36)34(40)24-39(31-21-26(3)17-20-33(31)44-4)45(42,43)29-18-15-25(2)16-19-29/h6-21,32H,5,22-24H2,1-4H3,(H,37,41)/t32-/m0/s1. The van der Waals surface area contributed by atoms with Crippen molar-refractivity contribution < 1.29 is 27.1 Å². The van der Waals surface area contributed by atoms with E-state index in [-0.39, 0.29) is 34.9 Å². The summed E-state index contributed by atoms with van der Waals surface area (Å²) in [5, 5.41) is 2.80. The molecule has 0 aliphatic carbocycles. The van der Waals surface area contributed by atoms with E-state index in [1.807, 2.05) is 37.3 Å². The normalized spacial score (nSPS) is 11.8.